The predicted octanol–water partition coefficient (Wildman–Crippen LogP) is 4.69. The zero-order chi connectivity index (χ0) is 22.1. The van der Waals surface area contributed by atoms with Crippen LogP contribution in [0, 0.1) is 0 Å². The number of aromatic nitrogens is 2. The highest BCUT2D eigenvalue weighted by Gasteiger charge is 2.28. The largest absolute Gasteiger partial charge is 0.467 e. The Kier molecular flexibility index (Phi) is 5.27. The molecule has 0 bridgehead atoms. The second-order valence-corrected chi connectivity index (χ2v) is 8.36. The number of amides is 1. The van der Waals surface area contributed by atoms with Crippen molar-refractivity contribution in [3.8, 4) is 5.69 Å². The SMILES string of the molecule is CC1Cc2ccccc2N1Cc1occc1C(=O)N(C)Cc1cnn(-c2ccccc2)c1. The number of para-hydroxylation sites is 2. The fourth-order valence-corrected chi connectivity index (χ4v) is 4.39. The smallest absolute Gasteiger partial charge is 0.257 e. The normalized spacial score (nSPS) is 15.1. The van der Waals surface area contributed by atoms with E-state index in [1.165, 1.54) is 11.3 Å². The van der Waals surface area contributed by atoms with E-state index in [0.29, 0.717) is 30.5 Å². The number of furan rings is 1. The minimum atomic E-state index is -0.0543. The first-order chi connectivity index (χ1) is 15.6. The second-order valence-electron chi connectivity index (χ2n) is 8.36. The molecule has 2 aromatic heterocycles. The third-order valence-electron chi connectivity index (χ3n) is 6.06. The highest BCUT2D eigenvalue weighted by Crippen LogP contribution is 2.33. The molecular weight excluding hydrogens is 400 g/mol. The van der Waals surface area contributed by atoms with Crippen molar-refractivity contribution in [1.29, 1.82) is 0 Å². The zero-order valence-corrected chi connectivity index (χ0v) is 18.3. The van der Waals surface area contributed by atoms with E-state index < -0.39 is 0 Å². The summed E-state index contributed by atoms with van der Waals surface area (Å²) in [4.78, 5) is 17.3. The van der Waals surface area contributed by atoms with Gasteiger partial charge in [0.1, 0.15) is 5.76 Å². The quantitative estimate of drug-likeness (QED) is 0.449. The molecule has 1 amide bonds. The Morgan fingerprint density at radius 2 is 1.91 bits per heavy atom. The standard InChI is InChI=1S/C26H26N4O2/c1-19-14-21-8-6-7-11-24(21)29(19)18-25-23(12-13-32-25)26(31)28(2)16-20-15-27-30(17-20)22-9-4-3-5-10-22/h3-13,15,17,19H,14,16,18H2,1-2H3. The van der Waals surface area contributed by atoms with Crippen molar-refractivity contribution in [2.24, 2.45) is 0 Å². The molecule has 0 fully saturated rings. The zero-order valence-electron chi connectivity index (χ0n) is 18.3. The molecule has 3 heterocycles. The average Bonchev–Trinajstić information content (AvgIpc) is 3.54. The third kappa shape index (κ3) is 3.80. The van der Waals surface area contributed by atoms with Gasteiger partial charge in [-0.25, -0.2) is 4.68 Å². The summed E-state index contributed by atoms with van der Waals surface area (Å²) in [6.45, 7) is 3.26. The Bertz CT molecular complexity index is 1230. The molecule has 1 atom stereocenters. The number of carbonyl (C=O) groups is 1. The molecule has 5 rings (SSSR count). The third-order valence-corrected chi connectivity index (χ3v) is 6.06. The molecule has 6 nitrogen and oxygen atoms in total. The van der Waals surface area contributed by atoms with Gasteiger partial charge in [0.2, 0.25) is 0 Å². The molecule has 6 heteroatoms. The van der Waals surface area contributed by atoms with E-state index in [1.54, 1.807) is 23.4 Å². The maximum atomic E-state index is 13.2. The van der Waals surface area contributed by atoms with E-state index in [2.05, 4.69) is 41.2 Å². The van der Waals surface area contributed by atoms with E-state index in [0.717, 1.165) is 17.7 Å². The summed E-state index contributed by atoms with van der Waals surface area (Å²) in [6, 6.07) is 20.5. The molecule has 0 radical (unpaired) electrons. The molecule has 0 N–H and O–H groups in total. The molecular formula is C26H26N4O2. The second kappa shape index (κ2) is 8.38. The van der Waals surface area contributed by atoms with Crippen LogP contribution < -0.4 is 4.90 Å². The van der Waals surface area contributed by atoms with Crippen molar-refractivity contribution in [3.63, 3.8) is 0 Å². The van der Waals surface area contributed by atoms with Crippen LogP contribution in [0.15, 0.2) is 83.7 Å². The molecule has 4 aromatic rings. The van der Waals surface area contributed by atoms with Crippen LogP contribution in [0.2, 0.25) is 0 Å². The van der Waals surface area contributed by atoms with E-state index in [1.807, 2.05) is 48.3 Å². The van der Waals surface area contributed by atoms with Gasteiger partial charge in [0, 0.05) is 37.1 Å². The lowest BCUT2D eigenvalue weighted by atomic mass is 10.1. The molecule has 1 unspecified atom stereocenters. The van der Waals surface area contributed by atoms with E-state index in [4.69, 9.17) is 4.42 Å². The first-order valence-corrected chi connectivity index (χ1v) is 10.9. The van der Waals surface area contributed by atoms with Crippen LogP contribution in [0.1, 0.15) is 34.2 Å². The summed E-state index contributed by atoms with van der Waals surface area (Å²) in [5.41, 5.74) is 5.13. The fraction of sp³-hybridized carbons (Fsp3) is 0.231. The molecule has 0 saturated carbocycles. The molecule has 0 spiro atoms. The maximum Gasteiger partial charge on any atom is 0.257 e. The van der Waals surface area contributed by atoms with Gasteiger partial charge in [-0.2, -0.15) is 5.10 Å². The van der Waals surface area contributed by atoms with Crippen molar-refractivity contribution in [2.75, 3.05) is 11.9 Å². The van der Waals surface area contributed by atoms with Gasteiger partial charge in [-0.1, -0.05) is 36.4 Å². The Labute approximate surface area is 187 Å². The Morgan fingerprint density at radius 3 is 2.75 bits per heavy atom. The minimum Gasteiger partial charge on any atom is -0.467 e. The molecule has 2 aromatic carbocycles. The minimum absolute atomic E-state index is 0.0543. The number of hydrogen-bond acceptors (Lipinski definition) is 4. The number of fused-ring (bicyclic) bond motifs is 1. The topological polar surface area (TPSA) is 54.5 Å². The van der Waals surface area contributed by atoms with Crippen molar-refractivity contribution >= 4 is 11.6 Å². The molecule has 1 aliphatic heterocycles. The van der Waals surface area contributed by atoms with E-state index in [-0.39, 0.29) is 5.91 Å². The van der Waals surface area contributed by atoms with Crippen molar-refractivity contribution in [1.82, 2.24) is 14.7 Å². The molecule has 162 valence electrons. The van der Waals surface area contributed by atoms with Gasteiger partial charge in [0.05, 0.1) is 30.3 Å². The highest BCUT2D eigenvalue weighted by molar-refractivity contribution is 5.95. The summed E-state index contributed by atoms with van der Waals surface area (Å²) in [5.74, 6) is 0.645. The number of carbonyl (C=O) groups excluding carboxylic acids is 1. The van der Waals surface area contributed by atoms with Crippen LogP contribution in [-0.2, 0) is 19.5 Å². The van der Waals surface area contributed by atoms with Gasteiger partial charge in [0.25, 0.3) is 5.91 Å². The lowest BCUT2D eigenvalue weighted by Crippen LogP contribution is -2.31. The molecule has 0 aliphatic carbocycles. The van der Waals surface area contributed by atoms with Gasteiger partial charge in [-0.05, 0) is 43.2 Å². The van der Waals surface area contributed by atoms with Crippen LogP contribution in [-0.4, -0.2) is 33.7 Å². The first-order valence-electron chi connectivity index (χ1n) is 10.9. The van der Waals surface area contributed by atoms with Gasteiger partial charge in [0.15, 0.2) is 0 Å². The summed E-state index contributed by atoms with van der Waals surface area (Å²) in [7, 11) is 1.81. The first kappa shape index (κ1) is 20.1. The number of rotatable bonds is 6. The van der Waals surface area contributed by atoms with Gasteiger partial charge in [-0.3, -0.25) is 4.79 Å². The molecule has 1 aliphatic rings. The monoisotopic (exact) mass is 426 g/mol. The van der Waals surface area contributed by atoms with E-state index in [9.17, 15) is 4.79 Å². The Hall–Kier alpha value is -3.80. The number of nitrogens with zero attached hydrogens (tertiary/aromatic N) is 4. The van der Waals surface area contributed by atoms with Crippen LogP contribution in [0.25, 0.3) is 5.69 Å². The van der Waals surface area contributed by atoms with E-state index >= 15 is 0 Å². The number of benzene rings is 2. The summed E-state index contributed by atoms with van der Waals surface area (Å²) in [5, 5.41) is 4.43. The molecule has 0 saturated heterocycles. The molecule has 32 heavy (non-hydrogen) atoms. The van der Waals surface area contributed by atoms with Gasteiger partial charge < -0.3 is 14.2 Å². The fourth-order valence-electron chi connectivity index (χ4n) is 4.39. The number of hydrogen-bond donors (Lipinski definition) is 0. The highest BCUT2D eigenvalue weighted by atomic mass is 16.3. The Morgan fingerprint density at radius 1 is 1.12 bits per heavy atom. The van der Waals surface area contributed by atoms with Gasteiger partial charge >= 0.3 is 0 Å². The average molecular weight is 427 g/mol. The van der Waals surface area contributed by atoms with Crippen LogP contribution >= 0.6 is 0 Å². The van der Waals surface area contributed by atoms with Crippen LogP contribution in [0.3, 0.4) is 0 Å². The lowest BCUT2D eigenvalue weighted by molar-refractivity contribution is 0.0782. The van der Waals surface area contributed by atoms with Crippen LogP contribution in [0.4, 0.5) is 5.69 Å². The van der Waals surface area contributed by atoms with Crippen molar-refractivity contribution in [2.45, 2.75) is 32.5 Å². The maximum absolute atomic E-state index is 13.2. The number of anilines is 1. The summed E-state index contributed by atoms with van der Waals surface area (Å²) < 4.78 is 7.59. The summed E-state index contributed by atoms with van der Waals surface area (Å²) in [6.07, 6.45) is 6.37. The van der Waals surface area contributed by atoms with Crippen molar-refractivity contribution in [3.05, 3.63) is 102 Å². The van der Waals surface area contributed by atoms with Gasteiger partial charge in [-0.15, -0.1) is 0 Å². The van der Waals surface area contributed by atoms with Crippen molar-refractivity contribution < 1.29 is 9.21 Å². The predicted molar refractivity (Wildman–Crippen MR) is 124 cm³/mol. The lowest BCUT2D eigenvalue weighted by Gasteiger charge is -2.24. The van der Waals surface area contributed by atoms with Crippen LogP contribution in [0.5, 0.6) is 0 Å². The Balaban J connectivity index is 1.30. The summed E-state index contributed by atoms with van der Waals surface area (Å²) >= 11 is 0.